The van der Waals surface area contributed by atoms with Crippen LogP contribution in [0.2, 0.25) is 0 Å². The SMILES string of the molecule is CCNC(=O)CN(I)/C=C(\N)C(Cc1ccc(N)nc1)C(=O)O. The third kappa shape index (κ3) is 6.72. The van der Waals surface area contributed by atoms with E-state index in [4.69, 9.17) is 11.5 Å². The summed E-state index contributed by atoms with van der Waals surface area (Å²) >= 11 is 1.90. The molecule has 0 saturated heterocycles. The van der Waals surface area contributed by atoms with Crippen molar-refractivity contribution in [2.24, 2.45) is 11.7 Å². The number of nitrogen functional groups attached to an aromatic ring is 1. The second-order valence-corrected chi connectivity index (χ2v) is 6.07. The number of aliphatic carboxylic acids is 1. The van der Waals surface area contributed by atoms with Gasteiger partial charge in [-0.15, -0.1) is 0 Å². The van der Waals surface area contributed by atoms with E-state index in [9.17, 15) is 14.7 Å². The highest BCUT2D eigenvalue weighted by Crippen LogP contribution is 2.16. The number of nitrogens with one attached hydrogen (secondary N) is 1. The molecule has 0 saturated carbocycles. The Morgan fingerprint density at radius 3 is 2.74 bits per heavy atom. The molecule has 0 aliphatic rings. The fraction of sp³-hybridized carbons (Fsp3) is 0.357. The largest absolute Gasteiger partial charge is 0.481 e. The molecule has 0 spiro atoms. The highest BCUT2D eigenvalue weighted by molar-refractivity contribution is 14.1. The molecule has 23 heavy (non-hydrogen) atoms. The number of carbonyl (C=O) groups is 2. The number of pyridine rings is 1. The lowest BCUT2D eigenvalue weighted by Gasteiger charge is -2.17. The molecule has 1 rings (SSSR count). The lowest BCUT2D eigenvalue weighted by atomic mass is 9.98. The van der Waals surface area contributed by atoms with Crippen molar-refractivity contribution in [3.8, 4) is 0 Å². The third-order valence-corrected chi connectivity index (χ3v) is 3.57. The van der Waals surface area contributed by atoms with Gasteiger partial charge in [0, 0.05) is 24.6 Å². The Balaban J connectivity index is 2.79. The quantitative estimate of drug-likeness (QED) is 0.346. The Labute approximate surface area is 148 Å². The van der Waals surface area contributed by atoms with Crippen LogP contribution in [-0.2, 0) is 16.0 Å². The average molecular weight is 433 g/mol. The first-order valence-electron chi connectivity index (χ1n) is 6.93. The zero-order valence-corrected chi connectivity index (χ0v) is 14.9. The third-order valence-electron chi connectivity index (χ3n) is 2.95. The van der Waals surface area contributed by atoms with Crippen molar-refractivity contribution >= 4 is 40.6 Å². The second-order valence-electron chi connectivity index (χ2n) is 4.83. The van der Waals surface area contributed by atoms with Gasteiger partial charge < -0.3 is 25.0 Å². The highest BCUT2D eigenvalue weighted by Gasteiger charge is 2.22. The molecule has 1 atom stereocenters. The normalized spacial score (nSPS) is 12.5. The Hall–Kier alpha value is -2.04. The van der Waals surface area contributed by atoms with Crippen LogP contribution in [0.15, 0.2) is 30.2 Å². The number of nitrogens with two attached hydrogens (primary N) is 2. The Bertz CT molecular complexity index is 576. The molecule has 0 fully saturated rings. The molecule has 1 amide bonds. The maximum atomic E-state index is 11.5. The highest BCUT2D eigenvalue weighted by atomic mass is 127. The van der Waals surface area contributed by atoms with E-state index in [0.717, 1.165) is 0 Å². The first kappa shape index (κ1) is 19.0. The van der Waals surface area contributed by atoms with Gasteiger partial charge in [0.15, 0.2) is 0 Å². The molecule has 1 aromatic rings. The van der Waals surface area contributed by atoms with E-state index in [0.29, 0.717) is 17.9 Å². The van der Waals surface area contributed by atoms with Crippen molar-refractivity contribution in [3.63, 3.8) is 0 Å². The minimum absolute atomic E-state index is 0.0882. The van der Waals surface area contributed by atoms with Crippen LogP contribution in [0.25, 0.3) is 0 Å². The van der Waals surface area contributed by atoms with E-state index in [1.807, 2.05) is 29.8 Å². The molecule has 8 nitrogen and oxygen atoms in total. The van der Waals surface area contributed by atoms with Crippen molar-refractivity contribution in [2.75, 3.05) is 18.8 Å². The van der Waals surface area contributed by atoms with Crippen LogP contribution in [0.3, 0.4) is 0 Å². The molecule has 1 unspecified atom stereocenters. The number of carbonyl (C=O) groups excluding carboxylic acids is 1. The van der Waals surface area contributed by atoms with Crippen LogP contribution in [0.5, 0.6) is 0 Å². The van der Waals surface area contributed by atoms with Crippen molar-refractivity contribution in [3.05, 3.63) is 35.8 Å². The number of amides is 1. The number of carboxylic acids is 1. The maximum Gasteiger partial charge on any atom is 0.312 e. The van der Waals surface area contributed by atoms with Crippen LogP contribution in [0, 0.1) is 5.92 Å². The van der Waals surface area contributed by atoms with Gasteiger partial charge >= 0.3 is 5.97 Å². The van der Waals surface area contributed by atoms with E-state index < -0.39 is 11.9 Å². The molecule has 126 valence electrons. The van der Waals surface area contributed by atoms with Gasteiger partial charge in [-0.25, -0.2) is 4.98 Å². The lowest BCUT2D eigenvalue weighted by molar-refractivity contribution is -0.140. The number of likely N-dealkylation sites (N-methyl/N-ethyl adjacent to an activating group) is 1. The van der Waals surface area contributed by atoms with Crippen molar-refractivity contribution < 1.29 is 14.7 Å². The van der Waals surface area contributed by atoms with Crippen LogP contribution < -0.4 is 16.8 Å². The maximum absolute atomic E-state index is 11.5. The first-order chi connectivity index (χ1) is 10.8. The summed E-state index contributed by atoms with van der Waals surface area (Å²) in [6.45, 7) is 2.44. The van der Waals surface area contributed by atoms with Gasteiger partial charge in [0.25, 0.3) is 0 Å². The van der Waals surface area contributed by atoms with Crippen molar-refractivity contribution in [1.82, 2.24) is 13.4 Å². The Morgan fingerprint density at radius 1 is 1.52 bits per heavy atom. The molecule has 9 heteroatoms. The van der Waals surface area contributed by atoms with Gasteiger partial charge in [0.05, 0.1) is 22.9 Å². The lowest BCUT2D eigenvalue weighted by Crippen LogP contribution is -2.32. The molecule has 0 aliphatic carbocycles. The smallest absolute Gasteiger partial charge is 0.312 e. The molecular weight excluding hydrogens is 413 g/mol. The molecule has 1 heterocycles. The van der Waals surface area contributed by atoms with Gasteiger partial charge in [0.2, 0.25) is 5.91 Å². The van der Waals surface area contributed by atoms with Gasteiger partial charge in [-0.05, 0) is 25.0 Å². The van der Waals surface area contributed by atoms with Gasteiger partial charge in [-0.3, -0.25) is 9.59 Å². The molecule has 0 aromatic carbocycles. The Kier molecular flexibility index (Phi) is 7.59. The molecule has 6 N–H and O–H groups in total. The molecular formula is C14H20IN5O3. The number of hydrogen-bond donors (Lipinski definition) is 4. The minimum atomic E-state index is -1.04. The molecule has 1 aromatic heterocycles. The number of rotatable bonds is 8. The number of hydrogen-bond acceptors (Lipinski definition) is 6. The Morgan fingerprint density at radius 2 is 2.22 bits per heavy atom. The van der Waals surface area contributed by atoms with Crippen molar-refractivity contribution in [2.45, 2.75) is 13.3 Å². The summed E-state index contributed by atoms with van der Waals surface area (Å²) in [5, 5.41) is 12.0. The fourth-order valence-corrected chi connectivity index (χ4v) is 2.46. The first-order valence-corrected chi connectivity index (χ1v) is 7.89. The monoisotopic (exact) mass is 433 g/mol. The average Bonchev–Trinajstić information content (AvgIpc) is 2.45. The van der Waals surface area contributed by atoms with Crippen molar-refractivity contribution in [1.29, 1.82) is 0 Å². The number of aromatic nitrogens is 1. The van der Waals surface area contributed by atoms with Crippen LogP contribution in [-0.4, -0.2) is 38.2 Å². The van der Waals surface area contributed by atoms with E-state index >= 15 is 0 Å². The van der Waals surface area contributed by atoms with E-state index in [1.165, 1.54) is 15.5 Å². The fourth-order valence-electron chi connectivity index (χ4n) is 1.83. The zero-order valence-electron chi connectivity index (χ0n) is 12.7. The van der Waals surface area contributed by atoms with Crippen LogP contribution in [0.4, 0.5) is 5.82 Å². The standard InChI is InChI=1S/C14H20IN5O3/c1-2-18-13(21)8-20(15)7-11(16)10(14(22)23)5-9-3-4-12(17)19-6-9/h3-4,6-7,10H,2,5,8,16H2,1H3,(H2,17,19)(H,18,21)(H,22,23)/b11-7-. The molecule has 0 bridgehead atoms. The second kappa shape index (κ2) is 9.18. The predicted octanol–water partition coefficient (Wildman–Crippen LogP) is 0.495. The van der Waals surface area contributed by atoms with E-state index in [-0.39, 0.29) is 24.6 Å². The van der Waals surface area contributed by atoms with E-state index in [2.05, 4.69) is 10.3 Å². The number of halogens is 1. The number of carboxylic acid groups (broad SMARTS) is 1. The summed E-state index contributed by atoms with van der Waals surface area (Å²) in [7, 11) is 0. The summed E-state index contributed by atoms with van der Waals surface area (Å²) in [6.07, 6.45) is 3.17. The summed E-state index contributed by atoms with van der Waals surface area (Å²) in [6, 6.07) is 3.32. The summed E-state index contributed by atoms with van der Waals surface area (Å²) < 4.78 is 1.52. The van der Waals surface area contributed by atoms with Gasteiger partial charge in [-0.2, -0.15) is 0 Å². The van der Waals surface area contributed by atoms with Crippen LogP contribution >= 0.6 is 22.9 Å². The minimum Gasteiger partial charge on any atom is -0.481 e. The molecule has 0 radical (unpaired) electrons. The topological polar surface area (TPSA) is 135 Å². The van der Waals surface area contributed by atoms with Gasteiger partial charge in [-0.1, -0.05) is 6.07 Å². The summed E-state index contributed by atoms with van der Waals surface area (Å²) in [5.41, 5.74) is 12.3. The zero-order chi connectivity index (χ0) is 17.4. The molecule has 0 aliphatic heterocycles. The predicted molar refractivity (Wildman–Crippen MR) is 95.2 cm³/mol. The summed E-state index contributed by atoms with van der Waals surface area (Å²) in [4.78, 5) is 26.9. The number of anilines is 1. The number of nitrogens with zero attached hydrogens (tertiary/aromatic N) is 2. The van der Waals surface area contributed by atoms with E-state index in [1.54, 1.807) is 12.1 Å². The van der Waals surface area contributed by atoms with Crippen LogP contribution in [0.1, 0.15) is 12.5 Å². The van der Waals surface area contributed by atoms with Gasteiger partial charge in [0.1, 0.15) is 18.3 Å². The summed E-state index contributed by atoms with van der Waals surface area (Å²) in [5.74, 6) is -1.75.